The van der Waals surface area contributed by atoms with Crippen LogP contribution in [0.4, 0.5) is 5.69 Å². The highest BCUT2D eigenvalue weighted by molar-refractivity contribution is 7.97. The molecule has 22 heavy (non-hydrogen) atoms. The third kappa shape index (κ3) is 3.87. The minimum atomic E-state index is -3.92. The predicted octanol–water partition coefficient (Wildman–Crippen LogP) is 3.37. The van der Waals surface area contributed by atoms with Gasteiger partial charge in [0.25, 0.3) is 10.0 Å². The topological polar surface area (TPSA) is 79.2 Å². The van der Waals surface area contributed by atoms with Gasteiger partial charge in [0.1, 0.15) is 11.8 Å². The van der Waals surface area contributed by atoms with Crippen molar-refractivity contribution in [1.82, 2.24) is 0 Å². The number of ether oxygens (including phenoxy) is 1. The first kappa shape index (κ1) is 16.1. The summed E-state index contributed by atoms with van der Waals surface area (Å²) in [6, 6.07) is 11.8. The number of benzene rings is 1. The summed E-state index contributed by atoms with van der Waals surface area (Å²) in [5.74, 6) is 0.619. The van der Waals surface area contributed by atoms with Gasteiger partial charge in [-0.15, -0.1) is 11.3 Å². The number of nitrogens with zero attached hydrogens (tertiary/aromatic N) is 1. The van der Waals surface area contributed by atoms with Gasteiger partial charge in [0.2, 0.25) is 0 Å². The largest absolute Gasteiger partial charge is 0.497 e. The van der Waals surface area contributed by atoms with E-state index in [2.05, 4.69) is 4.72 Å². The summed E-state index contributed by atoms with van der Waals surface area (Å²) < 4.78 is 31.9. The van der Waals surface area contributed by atoms with E-state index in [1.165, 1.54) is 24.5 Å². The van der Waals surface area contributed by atoms with Gasteiger partial charge in [-0.1, -0.05) is 0 Å². The summed E-state index contributed by atoms with van der Waals surface area (Å²) in [5.41, 5.74) is 0.365. The number of nitrogens with one attached hydrogen (secondary N) is 1. The highest BCUT2D eigenvalue weighted by Gasteiger charge is 2.18. The Morgan fingerprint density at radius 2 is 1.95 bits per heavy atom. The molecule has 0 aliphatic heterocycles. The van der Waals surface area contributed by atoms with E-state index in [9.17, 15) is 8.42 Å². The standard InChI is InChI=1S/C15H14N2O3S2/c1-11-3-8-14(21-11)9-15(10-16)22(18,19)17-12-4-6-13(20-2)7-5-12/h3-9,17H,1-2H3. The van der Waals surface area contributed by atoms with Crippen LogP contribution in [-0.4, -0.2) is 15.5 Å². The molecule has 1 aromatic heterocycles. The van der Waals surface area contributed by atoms with Crippen LogP contribution in [0.2, 0.25) is 0 Å². The van der Waals surface area contributed by atoms with Crippen LogP contribution in [0.25, 0.3) is 6.08 Å². The fourth-order valence-corrected chi connectivity index (χ4v) is 3.55. The number of nitriles is 1. The molecular weight excluding hydrogens is 320 g/mol. The van der Waals surface area contributed by atoms with Crippen molar-refractivity contribution in [2.24, 2.45) is 0 Å². The van der Waals surface area contributed by atoms with Gasteiger partial charge in [0, 0.05) is 15.4 Å². The van der Waals surface area contributed by atoms with Crippen LogP contribution in [0.3, 0.4) is 0 Å². The predicted molar refractivity (Wildman–Crippen MR) is 88.2 cm³/mol. The molecule has 2 aromatic rings. The molecule has 7 heteroatoms. The summed E-state index contributed by atoms with van der Waals surface area (Å²) in [4.78, 5) is 1.43. The molecule has 1 aromatic carbocycles. The number of rotatable bonds is 5. The molecule has 0 bridgehead atoms. The van der Waals surface area contributed by atoms with E-state index in [0.29, 0.717) is 16.3 Å². The number of sulfonamides is 1. The molecule has 1 N–H and O–H groups in total. The number of methoxy groups -OCH3 is 1. The maximum Gasteiger partial charge on any atom is 0.272 e. The van der Waals surface area contributed by atoms with Crippen LogP contribution in [0, 0.1) is 18.3 Å². The van der Waals surface area contributed by atoms with Crippen LogP contribution in [0.5, 0.6) is 5.75 Å². The van der Waals surface area contributed by atoms with Crippen molar-refractivity contribution in [2.75, 3.05) is 11.8 Å². The summed E-state index contributed by atoms with van der Waals surface area (Å²) in [6.07, 6.45) is 1.36. The Balaban J connectivity index is 2.27. The zero-order valence-corrected chi connectivity index (χ0v) is 13.7. The third-order valence-electron chi connectivity index (χ3n) is 2.78. The van der Waals surface area contributed by atoms with Crippen molar-refractivity contribution < 1.29 is 13.2 Å². The second kappa shape index (κ2) is 6.64. The van der Waals surface area contributed by atoms with Gasteiger partial charge in [-0.05, 0) is 49.4 Å². The SMILES string of the molecule is COc1ccc(NS(=O)(=O)C(C#N)=Cc2ccc(C)s2)cc1. The molecule has 0 amide bonds. The molecular formula is C15H14N2O3S2. The van der Waals surface area contributed by atoms with Gasteiger partial charge in [-0.3, -0.25) is 4.72 Å². The van der Waals surface area contributed by atoms with Gasteiger partial charge in [0.05, 0.1) is 7.11 Å². The monoisotopic (exact) mass is 334 g/mol. The normalized spacial score (nSPS) is 11.8. The first-order valence-electron chi connectivity index (χ1n) is 6.30. The zero-order chi connectivity index (χ0) is 16.2. The van der Waals surface area contributed by atoms with E-state index in [1.54, 1.807) is 36.4 Å². The zero-order valence-electron chi connectivity index (χ0n) is 12.0. The third-order valence-corrected chi connectivity index (χ3v) is 5.02. The molecule has 0 atom stereocenters. The fourth-order valence-electron chi connectivity index (χ4n) is 1.70. The van der Waals surface area contributed by atoms with Gasteiger partial charge >= 0.3 is 0 Å². The molecule has 0 aliphatic carbocycles. The van der Waals surface area contributed by atoms with Crippen LogP contribution in [0.15, 0.2) is 41.3 Å². The highest BCUT2D eigenvalue weighted by Crippen LogP contribution is 2.22. The lowest BCUT2D eigenvalue weighted by molar-refractivity contribution is 0.415. The lowest BCUT2D eigenvalue weighted by Crippen LogP contribution is -2.14. The van der Waals surface area contributed by atoms with Crippen LogP contribution < -0.4 is 9.46 Å². The van der Waals surface area contributed by atoms with Crippen molar-refractivity contribution in [3.63, 3.8) is 0 Å². The van der Waals surface area contributed by atoms with E-state index >= 15 is 0 Å². The maximum atomic E-state index is 12.3. The molecule has 5 nitrogen and oxygen atoms in total. The van der Waals surface area contributed by atoms with Crippen molar-refractivity contribution in [3.8, 4) is 11.8 Å². The Labute approximate surface area is 133 Å². The lowest BCUT2D eigenvalue weighted by Gasteiger charge is -2.07. The molecule has 1 heterocycles. The maximum absolute atomic E-state index is 12.3. The summed E-state index contributed by atoms with van der Waals surface area (Å²) in [7, 11) is -2.39. The highest BCUT2D eigenvalue weighted by atomic mass is 32.2. The molecule has 0 aliphatic rings. The fraction of sp³-hybridized carbons (Fsp3) is 0.133. The van der Waals surface area contributed by atoms with Crippen molar-refractivity contribution in [1.29, 1.82) is 5.26 Å². The van der Waals surface area contributed by atoms with Crippen LogP contribution >= 0.6 is 11.3 Å². The second-order valence-electron chi connectivity index (χ2n) is 4.40. The summed E-state index contributed by atoms with van der Waals surface area (Å²) >= 11 is 1.42. The molecule has 114 valence electrons. The Kier molecular flexibility index (Phi) is 4.85. The first-order chi connectivity index (χ1) is 10.4. The minimum Gasteiger partial charge on any atom is -0.497 e. The van der Waals surface area contributed by atoms with E-state index in [0.717, 1.165) is 4.88 Å². The number of anilines is 1. The van der Waals surface area contributed by atoms with Gasteiger partial charge in [0.15, 0.2) is 4.91 Å². The van der Waals surface area contributed by atoms with E-state index in [4.69, 9.17) is 10.00 Å². The van der Waals surface area contributed by atoms with Gasteiger partial charge < -0.3 is 4.74 Å². The van der Waals surface area contributed by atoms with E-state index in [-0.39, 0.29) is 4.91 Å². The van der Waals surface area contributed by atoms with Gasteiger partial charge in [-0.25, -0.2) is 8.42 Å². The number of hydrogen-bond donors (Lipinski definition) is 1. The molecule has 0 unspecified atom stereocenters. The van der Waals surface area contributed by atoms with Gasteiger partial charge in [-0.2, -0.15) is 5.26 Å². The van der Waals surface area contributed by atoms with E-state index in [1.807, 2.05) is 13.0 Å². The Hall–Kier alpha value is -2.30. The van der Waals surface area contributed by atoms with Crippen molar-refractivity contribution in [3.05, 3.63) is 51.1 Å². The van der Waals surface area contributed by atoms with Crippen molar-refractivity contribution in [2.45, 2.75) is 6.92 Å². The minimum absolute atomic E-state index is 0.329. The van der Waals surface area contributed by atoms with Crippen LogP contribution in [-0.2, 0) is 10.0 Å². The molecule has 2 rings (SSSR count). The quantitative estimate of drug-likeness (QED) is 0.850. The lowest BCUT2D eigenvalue weighted by atomic mass is 10.3. The van der Waals surface area contributed by atoms with Crippen molar-refractivity contribution >= 4 is 33.1 Å². The van der Waals surface area contributed by atoms with Crippen LogP contribution in [0.1, 0.15) is 9.75 Å². The molecule has 0 radical (unpaired) electrons. The number of thiophene rings is 1. The Morgan fingerprint density at radius 1 is 1.27 bits per heavy atom. The summed E-state index contributed by atoms with van der Waals surface area (Å²) in [6.45, 7) is 1.91. The van der Waals surface area contributed by atoms with E-state index < -0.39 is 10.0 Å². The average Bonchev–Trinajstić information content (AvgIpc) is 2.90. The number of aryl methyl sites for hydroxylation is 1. The molecule has 0 spiro atoms. The smallest absolute Gasteiger partial charge is 0.272 e. The summed E-state index contributed by atoms with van der Waals surface area (Å²) in [5, 5.41) is 9.14. The number of allylic oxidation sites excluding steroid dienone is 1. The molecule has 0 saturated heterocycles. The second-order valence-corrected chi connectivity index (χ2v) is 7.37. The average molecular weight is 334 g/mol. The Morgan fingerprint density at radius 3 is 2.45 bits per heavy atom. The molecule has 0 fully saturated rings. The molecule has 0 saturated carbocycles. The first-order valence-corrected chi connectivity index (χ1v) is 8.59. The Bertz CT molecular complexity index is 828. The number of hydrogen-bond acceptors (Lipinski definition) is 5.